The Kier molecular flexibility index (Phi) is 6.52. The van der Waals surface area contributed by atoms with Gasteiger partial charge in [0, 0.05) is 13.1 Å². The van der Waals surface area contributed by atoms with E-state index in [1.807, 2.05) is 0 Å². The van der Waals surface area contributed by atoms with E-state index in [4.69, 9.17) is 9.84 Å². The molecule has 0 radical (unpaired) electrons. The van der Waals surface area contributed by atoms with Crippen molar-refractivity contribution in [3.05, 3.63) is 29.8 Å². The van der Waals surface area contributed by atoms with Crippen LogP contribution < -0.4 is 4.74 Å². The fraction of sp³-hybridized carbons (Fsp3) is 0.562. The van der Waals surface area contributed by atoms with Crippen molar-refractivity contribution in [2.45, 2.75) is 27.7 Å². The molecule has 1 aromatic carbocycles. The van der Waals surface area contributed by atoms with Crippen LogP contribution in [0.3, 0.4) is 0 Å². The highest BCUT2D eigenvalue weighted by atomic mass is 16.5. The molecule has 0 aliphatic carbocycles. The van der Waals surface area contributed by atoms with E-state index < -0.39 is 5.97 Å². The maximum atomic E-state index is 11.1. The number of nitrogens with zero attached hydrogens (tertiary/aromatic N) is 1. The van der Waals surface area contributed by atoms with E-state index in [0.717, 1.165) is 13.1 Å². The van der Waals surface area contributed by atoms with Crippen molar-refractivity contribution in [2.24, 2.45) is 11.8 Å². The third-order valence-electron chi connectivity index (χ3n) is 2.77. The highest BCUT2D eigenvalue weighted by molar-refractivity contribution is 5.90. The van der Waals surface area contributed by atoms with E-state index in [1.165, 1.54) is 0 Å². The molecule has 4 heteroatoms. The molecule has 20 heavy (non-hydrogen) atoms. The van der Waals surface area contributed by atoms with E-state index in [0.29, 0.717) is 24.3 Å². The van der Waals surface area contributed by atoms with Crippen molar-refractivity contribution in [1.82, 2.24) is 4.90 Å². The molecule has 112 valence electrons. The van der Waals surface area contributed by atoms with Crippen LogP contribution in [-0.4, -0.2) is 35.8 Å². The second kappa shape index (κ2) is 7.90. The normalized spacial score (nSPS) is 11.3. The number of aromatic carboxylic acids is 1. The predicted molar refractivity (Wildman–Crippen MR) is 80.1 cm³/mol. The summed E-state index contributed by atoms with van der Waals surface area (Å²) >= 11 is 0. The van der Waals surface area contributed by atoms with Crippen molar-refractivity contribution in [2.75, 3.05) is 19.8 Å². The van der Waals surface area contributed by atoms with Crippen LogP contribution in [0, 0.1) is 11.8 Å². The van der Waals surface area contributed by atoms with Gasteiger partial charge < -0.3 is 9.84 Å². The Balaban J connectivity index is 2.69. The van der Waals surface area contributed by atoms with Gasteiger partial charge in [0.15, 0.2) is 0 Å². The van der Waals surface area contributed by atoms with E-state index in [1.54, 1.807) is 24.3 Å². The lowest BCUT2D eigenvalue weighted by atomic mass is 10.1. The summed E-state index contributed by atoms with van der Waals surface area (Å²) in [5.74, 6) is 0.566. The third-order valence-corrected chi connectivity index (χ3v) is 2.77. The number of carbonyl (C=O) groups is 1. The molecule has 0 fully saturated rings. The lowest BCUT2D eigenvalue weighted by Crippen LogP contribution is -2.34. The fourth-order valence-electron chi connectivity index (χ4n) is 2.14. The molecule has 0 aromatic heterocycles. The van der Waals surface area contributed by atoms with Crippen molar-refractivity contribution < 1.29 is 14.6 Å². The van der Waals surface area contributed by atoms with E-state index in [9.17, 15) is 4.79 Å². The first-order valence-electron chi connectivity index (χ1n) is 7.07. The predicted octanol–water partition coefficient (Wildman–Crippen LogP) is 3.34. The van der Waals surface area contributed by atoms with Crippen LogP contribution in [0.1, 0.15) is 38.1 Å². The number of hydrogen-bond donors (Lipinski definition) is 1. The molecule has 1 aromatic rings. The Labute approximate surface area is 121 Å². The SMILES string of the molecule is CC(C)CN(COc1ccccc1C(=O)O)CC(C)C. The number of rotatable bonds is 8. The first kappa shape index (κ1) is 16.5. The molecular weight excluding hydrogens is 254 g/mol. The standard InChI is InChI=1S/C16H25NO3/c1-12(2)9-17(10-13(3)4)11-20-15-8-6-5-7-14(15)16(18)19/h5-8,12-13H,9-11H2,1-4H3,(H,18,19). The summed E-state index contributed by atoms with van der Waals surface area (Å²) in [6.45, 7) is 11.0. The van der Waals surface area contributed by atoms with Gasteiger partial charge in [0.05, 0.1) is 0 Å². The highest BCUT2D eigenvalue weighted by Crippen LogP contribution is 2.18. The van der Waals surface area contributed by atoms with Crippen molar-refractivity contribution in [1.29, 1.82) is 0 Å². The van der Waals surface area contributed by atoms with Crippen LogP contribution in [-0.2, 0) is 0 Å². The molecule has 0 atom stereocenters. The van der Waals surface area contributed by atoms with E-state index in [-0.39, 0.29) is 5.56 Å². The van der Waals surface area contributed by atoms with Gasteiger partial charge in [-0.3, -0.25) is 4.90 Å². The van der Waals surface area contributed by atoms with Gasteiger partial charge in [-0.1, -0.05) is 39.8 Å². The lowest BCUT2D eigenvalue weighted by Gasteiger charge is -2.26. The summed E-state index contributed by atoms with van der Waals surface area (Å²) in [5, 5.41) is 9.13. The van der Waals surface area contributed by atoms with Crippen LogP contribution in [0.5, 0.6) is 5.75 Å². The molecule has 0 spiro atoms. The van der Waals surface area contributed by atoms with Crippen LogP contribution in [0.4, 0.5) is 0 Å². The van der Waals surface area contributed by atoms with Crippen LogP contribution >= 0.6 is 0 Å². The maximum absolute atomic E-state index is 11.1. The van der Waals surface area contributed by atoms with Crippen LogP contribution in [0.15, 0.2) is 24.3 Å². The summed E-state index contributed by atoms with van der Waals surface area (Å²) in [5.41, 5.74) is 0.210. The van der Waals surface area contributed by atoms with Crippen molar-refractivity contribution in [3.8, 4) is 5.75 Å². The lowest BCUT2D eigenvalue weighted by molar-refractivity contribution is 0.0678. The zero-order chi connectivity index (χ0) is 15.1. The average Bonchev–Trinajstić information content (AvgIpc) is 2.34. The Hall–Kier alpha value is -1.55. The summed E-state index contributed by atoms with van der Waals surface area (Å²) in [4.78, 5) is 13.3. The molecule has 0 aliphatic rings. The van der Waals surface area contributed by atoms with Gasteiger partial charge in [-0.2, -0.15) is 0 Å². The minimum Gasteiger partial charge on any atom is -0.478 e. The molecule has 0 unspecified atom stereocenters. The maximum Gasteiger partial charge on any atom is 0.339 e. The topological polar surface area (TPSA) is 49.8 Å². The average molecular weight is 279 g/mol. The quantitative estimate of drug-likeness (QED) is 0.742. The minimum absolute atomic E-state index is 0.210. The zero-order valence-electron chi connectivity index (χ0n) is 12.8. The van der Waals surface area contributed by atoms with Crippen molar-refractivity contribution >= 4 is 5.97 Å². The Bertz CT molecular complexity index is 419. The first-order chi connectivity index (χ1) is 9.40. The summed E-state index contributed by atoms with van der Waals surface area (Å²) in [7, 11) is 0. The third kappa shape index (κ3) is 5.61. The number of hydrogen-bond acceptors (Lipinski definition) is 3. The number of benzene rings is 1. The van der Waals surface area contributed by atoms with Gasteiger partial charge >= 0.3 is 5.97 Å². The summed E-state index contributed by atoms with van der Waals surface area (Å²) < 4.78 is 5.71. The number of ether oxygens (including phenoxy) is 1. The monoisotopic (exact) mass is 279 g/mol. The molecule has 0 aliphatic heterocycles. The number of carboxylic acids is 1. The molecule has 4 nitrogen and oxygen atoms in total. The van der Waals surface area contributed by atoms with Crippen LogP contribution in [0.25, 0.3) is 0 Å². The molecule has 1 N–H and O–H groups in total. The Morgan fingerprint density at radius 3 is 2.20 bits per heavy atom. The van der Waals surface area contributed by atoms with Gasteiger partial charge in [0.25, 0.3) is 0 Å². The highest BCUT2D eigenvalue weighted by Gasteiger charge is 2.13. The van der Waals surface area contributed by atoms with Crippen LogP contribution in [0.2, 0.25) is 0 Å². The van der Waals surface area contributed by atoms with Gasteiger partial charge in [0.1, 0.15) is 18.0 Å². The fourth-order valence-corrected chi connectivity index (χ4v) is 2.14. The molecular formula is C16H25NO3. The number of para-hydroxylation sites is 1. The summed E-state index contributed by atoms with van der Waals surface area (Å²) in [6, 6.07) is 6.76. The molecule has 0 saturated heterocycles. The molecule has 1 rings (SSSR count). The first-order valence-corrected chi connectivity index (χ1v) is 7.07. The van der Waals surface area contributed by atoms with E-state index >= 15 is 0 Å². The summed E-state index contributed by atoms with van der Waals surface area (Å²) in [6.07, 6.45) is 0. The van der Waals surface area contributed by atoms with Gasteiger partial charge in [-0.25, -0.2) is 4.79 Å². The molecule has 0 amide bonds. The van der Waals surface area contributed by atoms with Gasteiger partial charge in [-0.15, -0.1) is 0 Å². The molecule has 0 bridgehead atoms. The minimum atomic E-state index is -0.958. The van der Waals surface area contributed by atoms with Crippen molar-refractivity contribution in [3.63, 3.8) is 0 Å². The van der Waals surface area contributed by atoms with E-state index in [2.05, 4.69) is 32.6 Å². The van der Waals surface area contributed by atoms with Gasteiger partial charge in [-0.05, 0) is 24.0 Å². The molecule has 0 saturated carbocycles. The second-order valence-electron chi connectivity index (χ2n) is 5.90. The van der Waals surface area contributed by atoms with Gasteiger partial charge in [0.2, 0.25) is 0 Å². The largest absolute Gasteiger partial charge is 0.478 e. The Morgan fingerprint density at radius 2 is 1.70 bits per heavy atom. The smallest absolute Gasteiger partial charge is 0.339 e. The second-order valence-corrected chi connectivity index (χ2v) is 5.90. The zero-order valence-corrected chi connectivity index (χ0v) is 12.8. The number of carboxylic acid groups (broad SMARTS) is 1. The Morgan fingerprint density at radius 1 is 1.15 bits per heavy atom. The molecule has 0 heterocycles.